The first-order valence-corrected chi connectivity index (χ1v) is 10.4. The number of aliphatic hydroxyl groups is 3. The minimum atomic E-state index is -0.784. The summed E-state index contributed by atoms with van der Waals surface area (Å²) < 4.78 is 0. The molecule has 0 heterocycles. The van der Waals surface area contributed by atoms with Crippen LogP contribution in [-0.4, -0.2) is 44.7 Å². The average Bonchev–Trinajstić information content (AvgIpc) is 2.94. The fourth-order valence-electron chi connectivity index (χ4n) is 4.16. The van der Waals surface area contributed by atoms with Gasteiger partial charge in [0, 0.05) is 6.42 Å². The fraction of sp³-hybridized carbons (Fsp3) is 0.609. The molecule has 28 heavy (non-hydrogen) atoms. The first-order chi connectivity index (χ1) is 13.5. The Morgan fingerprint density at radius 3 is 2.50 bits per heavy atom. The third-order valence-corrected chi connectivity index (χ3v) is 5.80. The van der Waals surface area contributed by atoms with E-state index in [0.717, 1.165) is 6.42 Å². The van der Waals surface area contributed by atoms with Gasteiger partial charge < -0.3 is 20.4 Å². The SMILES string of the molecule is O=C(O)CCCC=CC[C@@H]1[C@@H](CCC(O)CCc2ccccc2)[C@H](O)C[C@@H]1O. The number of benzene rings is 1. The average molecular weight is 391 g/mol. The number of carboxylic acids is 1. The lowest BCUT2D eigenvalue weighted by atomic mass is 9.85. The van der Waals surface area contributed by atoms with Crippen LogP contribution in [0, 0.1) is 11.8 Å². The molecule has 0 spiro atoms. The van der Waals surface area contributed by atoms with Crippen LogP contribution in [0.25, 0.3) is 0 Å². The Morgan fingerprint density at radius 1 is 1.07 bits per heavy atom. The summed E-state index contributed by atoms with van der Waals surface area (Å²) in [5.41, 5.74) is 1.21. The third-order valence-electron chi connectivity index (χ3n) is 5.80. The normalized spacial score (nSPS) is 26.0. The minimum Gasteiger partial charge on any atom is -0.481 e. The van der Waals surface area contributed by atoms with E-state index in [0.29, 0.717) is 44.9 Å². The molecule has 0 amide bonds. The Hall–Kier alpha value is -1.69. The molecule has 2 rings (SSSR count). The van der Waals surface area contributed by atoms with E-state index in [1.807, 2.05) is 30.4 Å². The summed E-state index contributed by atoms with van der Waals surface area (Å²) in [6.07, 6.45) is 7.91. The molecule has 1 aromatic carbocycles. The highest BCUT2D eigenvalue weighted by molar-refractivity contribution is 5.66. The number of unbranched alkanes of at least 4 members (excludes halogenated alkanes) is 1. The van der Waals surface area contributed by atoms with Crippen LogP contribution >= 0.6 is 0 Å². The van der Waals surface area contributed by atoms with Crippen molar-refractivity contribution in [3.63, 3.8) is 0 Å². The molecule has 0 saturated heterocycles. The second-order valence-corrected chi connectivity index (χ2v) is 7.95. The predicted octanol–water partition coefficient (Wildman–Crippen LogP) is 3.32. The Bertz CT molecular complexity index is 600. The van der Waals surface area contributed by atoms with Gasteiger partial charge >= 0.3 is 5.97 Å². The number of aryl methyl sites for hydroxylation is 1. The van der Waals surface area contributed by atoms with E-state index in [4.69, 9.17) is 5.11 Å². The largest absolute Gasteiger partial charge is 0.481 e. The van der Waals surface area contributed by atoms with Gasteiger partial charge in [-0.15, -0.1) is 0 Å². The molecule has 0 radical (unpaired) electrons. The van der Waals surface area contributed by atoms with Crippen molar-refractivity contribution in [3.8, 4) is 0 Å². The first kappa shape index (κ1) is 22.6. The van der Waals surface area contributed by atoms with Gasteiger partial charge in [0.05, 0.1) is 18.3 Å². The lowest BCUT2D eigenvalue weighted by molar-refractivity contribution is -0.137. The number of rotatable bonds is 12. The van der Waals surface area contributed by atoms with Gasteiger partial charge in [0.1, 0.15) is 0 Å². The summed E-state index contributed by atoms with van der Waals surface area (Å²) in [5, 5.41) is 39.6. The third kappa shape index (κ3) is 7.74. The van der Waals surface area contributed by atoms with Crippen LogP contribution in [0.3, 0.4) is 0 Å². The Kier molecular flexibility index (Phi) is 9.68. The molecule has 5 nitrogen and oxygen atoms in total. The molecule has 1 aliphatic carbocycles. The van der Waals surface area contributed by atoms with Crippen LogP contribution in [0.5, 0.6) is 0 Å². The number of carbonyl (C=O) groups is 1. The van der Waals surface area contributed by atoms with Crippen molar-refractivity contribution in [2.75, 3.05) is 0 Å². The highest BCUT2D eigenvalue weighted by Crippen LogP contribution is 2.38. The zero-order valence-corrected chi connectivity index (χ0v) is 16.5. The molecule has 1 fully saturated rings. The number of hydrogen-bond acceptors (Lipinski definition) is 4. The van der Waals surface area contributed by atoms with Gasteiger partial charge in [-0.1, -0.05) is 42.5 Å². The number of hydrogen-bond donors (Lipinski definition) is 4. The fourth-order valence-corrected chi connectivity index (χ4v) is 4.16. The Labute approximate surface area is 167 Å². The molecular weight excluding hydrogens is 356 g/mol. The topological polar surface area (TPSA) is 98.0 Å². The molecular formula is C23H34O5. The van der Waals surface area contributed by atoms with E-state index < -0.39 is 24.3 Å². The van der Waals surface area contributed by atoms with E-state index in [1.54, 1.807) is 0 Å². The highest BCUT2D eigenvalue weighted by atomic mass is 16.4. The van der Waals surface area contributed by atoms with E-state index in [9.17, 15) is 20.1 Å². The van der Waals surface area contributed by atoms with E-state index in [2.05, 4.69) is 12.1 Å². The molecule has 1 saturated carbocycles. The van der Waals surface area contributed by atoms with Crippen molar-refractivity contribution in [2.45, 2.75) is 76.1 Å². The Balaban J connectivity index is 1.74. The lowest BCUT2D eigenvalue weighted by Crippen LogP contribution is -2.23. The van der Waals surface area contributed by atoms with Crippen LogP contribution in [0.15, 0.2) is 42.5 Å². The van der Waals surface area contributed by atoms with E-state index >= 15 is 0 Å². The van der Waals surface area contributed by atoms with Crippen LogP contribution in [0.1, 0.15) is 56.9 Å². The van der Waals surface area contributed by atoms with Crippen LogP contribution < -0.4 is 0 Å². The second kappa shape index (κ2) is 12.0. The van der Waals surface area contributed by atoms with Crippen molar-refractivity contribution >= 4 is 5.97 Å². The molecule has 0 aromatic heterocycles. The van der Waals surface area contributed by atoms with Gasteiger partial charge in [-0.3, -0.25) is 4.79 Å². The number of aliphatic carboxylic acids is 1. The maximum Gasteiger partial charge on any atom is 0.303 e. The number of carboxylic acid groups (broad SMARTS) is 1. The summed E-state index contributed by atoms with van der Waals surface area (Å²) in [5.74, 6) is -0.800. The summed E-state index contributed by atoms with van der Waals surface area (Å²) >= 11 is 0. The van der Waals surface area contributed by atoms with Crippen molar-refractivity contribution in [1.29, 1.82) is 0 Å². The minimum absolute atomic E-state index is 0.00736. The first-order valence-electron chi connectivity index (χ1n) is 10.4. The smallest absolute Gasteiger partial charge is 0.303 e. The molecule has 156 valence electrons. The quantitative estimate of drug-likeness (QED) is 0.324. The van der Waals surface area contributed by atoms with Crippen molar-refractivity contribution < 1.29 is 25.2 Å². The Morgan fingerprint density at radius 2 is 1.79 bits per heavy atom. The van der Waals surface area contributed by atoms with Gasteiger partial charge in [0.2, 0.25) is 0 Å². The molecule has 0 bridgehead atoms. The second-order valence-electron chi connectivity index (χ2n) is 7.95. The van der Waals surface area contributed by atoms with Gasteiger partial charge in [-0.2, -0.15) is 0 Å². The van der Waals surface area contributed by atoms with Crippen molar-refractivity contribution in [2.24, 2.45) is 11.8 Å². The summed E-state index contributed by atoms with van der Waals surface area (Å²) in [6.45, 7) is 0. The zero-order chi connectivity index (χ0) is 20.4. The highest BCUT2D eigenvalue weighted by Gasteiger charge is 2.40. The molecule has 5 heteroatoms. The van der Waals surface area contributed by atoms with Gasteiger partial charge in [0.15, 0.2) is 0 Å². The molecule has 0 aliphatic heterocycles. The van der Waals surface area contributed by atoms with Crippen LogP contribution in [-0.2, 0) is 11.2 Å². The molecule has 5 atom stereocenters. The maximum atomic E-state index is 10.5. The van der Waals surface area contributed by atoms with Gasteiger partial charge in [-0.05, 0) is 68.8 Å². The standard InChI is InChI=1S/C23H34O5/c24-18(13-12-17-8-4-3-5-9-17)14-15-20-19(21(25)16-22(20)26)10-6-1-2-7-11-23(27)28/h1,3-6,8-9,18-22,24-26H,2,7,10-16H2,(H,27,28)/t18?,19-,20-,21+,22-/m1/s1. The van der Waals surface area contributed by atoms with Gasteiger partial charge in [-0.25, -0.2) is 0 Å². The molecule has 1 aromatic rings. The molecule has 1 unspecified atom stereocenters. The number of allylic oxidation sites excluding steroid dienone is 2. The van der Waals surface area contributed by atoms with Crippen molar-refractivity contribution in [3.05, 3.63) is 48.0 Å². The van der Waals surface area contributed by atoms with E-state index in [1.165, 1.54) is 5.56 Å². The van der Waals surface area contributed by atoms with Crippen LogP contribution in [0.2, 0.25) is 0 Å². The monoisotopic (exact) mass is 390 g/mol. The number of aliphatic hydroxyl groups excluding tert-OH is 3. The summed E-state index contributed by atoms with van der Waals surface area (Å²) in [7, 11) is 0. The lowest BCUT2D eigenvalue weighted by Gasteiger charge is -2.23. The predicted molar refractivity (Wildman–Crippen MR) is 109 cm³/mol. The van der Waals surface area contributed by atoms with Crippen LogP contribution in [0.4, 0.5) is 0 Å². The maximum absolute atomic E-state index is 10.5. The molecule has 4 N–H and O–H groups in total. The molecule has 1 aliphatic rings. The van der Waals surface area contributed by atoms with Crippen molar-refractivity contribution in [1.82, 2.24) is 0 Å². The van der Waals surface area contributed by atoms with Gasteiger partial charge in [0.25, 0.3) is 0 Å². The summed E-state index contributed by atoms with van der Waals surface area (Å²) in [4.78, 5) is 10.5. The van der Waals surface area contributed by atoms with E-state index in [-0.39, 0.29) is 18.3 Å². The zero-order valence-electron chi connectivity index (χ0n) is 16.5. The summed E-state index contributed by atoms with van der Waals surface area (Å²) in [6, 6.07) is 10.1.